The summed E-state index contributed by atoms with van der Waals surface area (Å²) in [7, 11) is 0. The van der Waals surface area contributed by atoms with Crippen molar-refractivity contribution in [3.8, 4) is 6.07 Å². The Labute approximate surface area is 203 Å². The highest BCUT2D eigenvalue weighted by molar-refractivity contribution is 14.1. The maximum absolute atomic E-state index is 13.3. The van der Waals surface area contributed by atoms with Crippen LogP contribution in [0, 0.1) is 17.1 Å². The minimum atomic E-state index is -0.446. The summed E-state index contributed by atoms with van der Waals surface area (Å²) in [5.41, 5.74) is 4.12. The van der Waals surface area contributed by atoms with E-state index in [9.17, 15) is 14.4 Å². The van der Waals surface area contributed by atoms with E-state index < -0.39 is 5.97 Å². The maximum atomic E-state index is 13.3. The maximum Gasteiger partial charge on any atom is 0.347 e. The Balaban J connectivity index is 1.77. The number of hydrogen-bond donors (Lipinski definition) is 0. The van der Waals surface area contributed by atoms with E-state index in [1.807, 2.05) is 29.0 Å². The van der Waals surface area contributed by atoms with Crippen molar-refractivity contribution >= 4 is 63.1 Å². The molecule has 1 heterocycles. The molecule has 0 bridgehead atoms. The second-order valence-electron chi connectivity index (χ2n) is 7.09. The molecule has 0 spiro atoms. The average molecular weight is 557 g/mol. The summed E-state index contributed by atoms with van der Waals surface area (Å²) >= 11 is 8.04. The van der Waals surface area contributed by atoms with Crippen LogP contribution in [0.25, 0.3) is 22.6 Å². The van der Waals surface area contributed by atoms with Gasteiger partial charge in [0.2, 0.25) is 0 Å². The molecule has 0 aliphatic rings. The summed E-state index contributed by atoms with van der Waals surface area (Å²) in [5, 5.41) is 11.3. The van der Waals surface area contributed by atoms with E-state index in [4.69, 9.17) is 14.7 Å². The number of halogens is 3. The van der Waals surface area contributed by atoms with Gasteiger partial charge in [-0.2, -0.15) is 5.26 Å². The van der Waals surface area contributed by atoms with E-state index in [1.54, 1.807) is 42.5 Å². The normalized spacial score (nSPS) is 11.4. The van der Waals surface area contributed by atoms with Crippen molar-refractivity contribution in [3.63, 3.8) is 0 Å². The molecule has 1 aromatic heterocycles. The van der Waals surface area contributed by atoms with Crippen molar-refractivity contribution in [2.75, 3.05) is 0 Å². The predicted molar refractivity (Wildman–Crippen MR) is 132 cm³/mol. The fraction of sp³-hybridized carbons (Fsp3) is 0.0400. The molecule has 7 heteroatoms. The van der Waals surface area contributed by atoms with Gasteiger partial charge >= 0.3 is 5.97 Å². The van der Waals surface area contributed by atoms with Gasteiger partial charge in [-0.05, 0) is 47.5 Å². The Kier molecular flexibility index (Phi) is 6.58. The van der Waals surface area contributed by atoms with Gasteiger partial charge in [-0.25, -0.2) is 9.18 Å². The van der Waals surface area contributed by atoms with Crippen molar-refractivity contribution in [1.29, 1.82) is 5.26 Å². The van der Waals surface area contributed by atoms with Gasteiger partial charge in [0.05, 0.1) is 27.7 Å². The van der Waals surface area contributed by atoms with Gasteiger partial charge in [0.1, 0.15) is 5.82 Å². The third kappa shape index (κ3) is 4.54. The summed E-state index contributed by atoms with van der Waals surface area (Å²) in [4.78, 5) is 11.7. The summed E-state index contributed by atoms with van der Waals surface area (Å²) in [6.07, 6.45) is 3.73. The second kappa shape index (κ2) is 9.55. The van der Waals surface area contributed by atoms with Crippen LogP contribution in [0.15, 0.2) is 72.9 Å². The smallest absolute Gasteiger partial charge is 0.347 e. The molecule has 0 radical (unpaired) electrons. The Hall–Kier alpha value is -3.15. The van der Waals surface area contributed by atoms with Gasteiger partial charge in [0, 0.05) is 23.7 Å². The topological polar surface area (TPSA) is 55.0 Å². The molecule has 32 heavy (non-hydrogen) atoms. The number of allylic oxidation sites excluding steroid dienone is 1. The van der Waals surface area contributed by atoms with E-state index in [0.717, 1.165) is 22.0 Å². The van der Waals surface area contributed by atoms with Crippen LogP contribution in [0.4, 0.5) is 4.39 Å². The Morgan fingerprint density at radius 3 is 2.44 bits per heavy atom. The first kappa shape index (κ1) is 22.1. The fourth-order valence-corrected chi connectivity index (χ4v) is 4.07. The summed E-state index contributed by atoms with van der Waals surface area (Å²) < 4.78 is 20.0. The highest BCUT2D eigenvalue weighted by Crippen LogP contribution is 2.31. The van der Waals surface area contributed by atoms with Crippen LogP contribution in [-0.2, 0) is 9.61 Å². The number of para-hydroxylation sites is 1. The van der Waals surface area contributed by atoms with Gasteiger partial charge in [-0.15, -0.1) is 0 Å². The zero-order chi connectivity index (χ0) is 22.7. The number of rotatable bonds is 5. The lowest BCUT2D eigenvalue weighted by Gasteiger charge is -2.06. The van der Waals surface area contributed by atoms with E-state index in [-0.39, 0.29) is 5.82 Å². The Bertz CT molecular complexity index is 1370. The SMILES string of the molecule is N#C/C(=C\c1cn(Cc2ccc(F)cc2)c2c(Cl)cccc12)c1ccc(C(=O)OI)cc1. The van der Waals surface area contributed by atoms with E-state index in [0.29, 0.717) is 28.3 Å². The first-order chi connectivity index (χ1) is 15.5. The van der Waals surface area contributed by atoms with Crippen LogP contribution in [0.5, 0.6) is 0 Å². The van der Waals surface area contributed by atoms with Crippen molar-refractivity contribution in [3.05, 3.63) is 106 Å². The van der Waals surface area contributed by atoms with Gasteiger partial charge in [0.15, 0.2) is 23.0 Å². The molecule has 0 saturated carbocycles. The molecule has 4 rings (SSSR count). The number of carbonyl (C=O) groups is 1. The molecule has 0 N–H and O–H groups in total. The largest absolute Gasteiger partial charge is 0.391 e. The number of hydrogen-bond acceptors (Lipinski definition) is 3. The minimum Gasteiger partial charge on any atom is -0.391 e. The van der Waals surface area contributed by atoms with Crippen LogP contribution in [0.3, 0.4) is 0 Å². The molecule has 3 aromatic carbocycles. The first-order valence-electron chi connectivity index (χ1n) is 9.57. The Morgan fingerprint density at radius 1 is 1.09 bits per heavy atom. The molecule has 0 unspecified atom stereocenters. The summed E-state index contributed by atoms with van der Waals surface area (Å²) in [6, 6.07) is 20.8. The summed E-state index contributed by atoms with van der Waals surface area (Å²) in [5.74, 6) is -0.734. The summed E-state index contributed by atoms with van der Waals surface area (Å²) in [6.45, 7) is 0.503. The van der Waals surface area contributed by atoms with Gasteiger partial charge in [-0.1, -0.05) is 48.0 Å². The van der Waals surface area contributed by atoms with E-state index >= 15 is 0 Å². The minimum absolute atomic E-state index is 0.288. The number of nitrogens with zero attached hydrogens (tertiary/aromatic N) is 2. The third-order valence-corrected chi connectivity index (χ3v) is 5.77. The monoisotopic (exact) mass is 556 g/mol. The molecule has 0 amide bonds. The standard InChI is InChI=1S/C25H15ClFIN2O2/c26-23-3-1-2-22-20(15-30(24(22)23)14-16-4-10-21(27)11-5-16)12-19(13-29)17-6-8-18(9-7-17)25(31)32-28/h1-12,15H,14H2/b19-12+. The number of nitriles is 1. The van der Waals surface area contributed by atoms with Crippen molar-refractivity contribution < 1.29 is 12.3 Å². The van der Waals surface area contributed by atoms with Crippen molar-refractivity contribution in [2.45, 2.75) is 6.54 Å². The number of aromatic nitrogens is 1. The lowest BCUT2D eigenvalue weighted by molar-refractivity contribution is 0.0800. The van der Waals surface area contributed by atoms with Gasteiger partial charge < -0.3 is 7.63 Å². The first-order valence-corrected chi connectivity index (χ1v) is 10.8. The van der Waals surface area contributed by atoms with Crippen LogP contribution in [0.1, 0.15) is 27.0 Å². The molecule has 158 valence electrons. The van der Waals surface area contributed by atoms with Crippen LogP contribution in [-0.4, -0.2) is 10.5 Å². The van der Waals surface area contributed by atoms with Crippen LogP contribution in [0.2, 0.25) is 5.02 Å². The zero-order valence-electron chi connectivity index (χ0n) is 16.6. The molecular formula is C25H15ClFIN2O2. The molecule has 0 aliphatic carbocycles. The Morgan fingerprint density at radius 2 is 1.78 bits per heavy atom. The van der Waals surface area contributed by atoms with E-state index in [2.05, 4.69) is 6.07 Å². The lowest BCUT2D eigenvalue weighted by Crippen LogP contribution is -1.98. The number of fused-ring (bicyclic) bond motifs is 1. The predicted octanol–water partition coefficient (Wildman–Crippen LogP) is 7.05. The average Bonchev–Trinajstić information content (AvgIpc) is 3.16. The van der Waals surface area contributed by atoms with E-state index in [1.165, 1.54) is 35.1 Å². The molecular weight excluding hydrogens is 542 g/mol. The molecule has 0 saturated heterocycles. The highest BCUT2D eigenvalue weighted by Gasteiger charge is 2.13. The number of carbonyl (C=O) groups excluding carboxylic acids is 1. The molecule has 0 aliphatic heterocycles. The lowest BCUT2D eigenvalue weighted by atomic mass is 10.0. The zero-order valence-corrected chi connectivity index (χ0v) is 19.5. The van der Waals surface area contributed by atoms with Crippen LogP contribution >= 0.6 is 34.6 Å². The fourth-order valence-electron chi connectivity index (χ4n) is 3.53. The molecule has 0 fully saturated rings. The van der Waals surface area contributed by atoms with Crippen molar-refractivity contribution in [2.24, 2.45) is 0 Å². The van der Waals surface area contributed by atoms with Crippen LogP contribution < -0.4 is 0 Å². The highest BCUT2D eigenvalue weighted by atomic mass is 127. The van der Waals surface area contributed by atoms with Gasteiger partial charge in [0.25, 0.3) is 0 Å². The molecule has 0 atom stereocenters. The molecule has 4 aromatic rings. The third-order valence-electron chi connectivity index (χ3n) is 5.07. The quantitative estimate of drug-likeness (QED) is 0.195. The molecule has 4 nitrogen and oxygen atoms in total. The van der Waals surface area contributed by atoms with Crippen molar-refractivity contribution in [1.82, 2.24) is 4.57 Å². The second-order valence-corrected chi connectivity index (χ2v) is 7.93. The van der Waals surface area contributed by atoms with Gasteiger partial charge in [-0.3, -0.25) is 0 Å². The number of benzene rings is 3.